The van der Waals surface area contributed by atoms with Crippen molar-refractivity contribution in [1.82, 2.24) is 9.62 Å². The van der Waals surface area contributed by atoms with Crippen LogP contribution in [0.4, 0.5) is 4.79 Å². The van der Waals surface area contributed by atoms with Crippen LogP contribution in [0.5, 0.6) is 0 Å². The maximum Gasteiger partial charge on any atom is 0.404 e. The minimum absolute atomic E-state index is 0.234. The van der Waals surface area contributed by atoms with Crippen LogP contribution in [0.15, 0.2) is 0 Å². The molecule has 106 valence electrons. The molecular weight excluding hydrogens is 258 g/mol. The Hall–Kier alpha value is -0.860. The molecule has 1 rings (SSSR count). The molecule has 0 aromatic carbocycles. The number of primary amides is 1. The lowest BCUT2D eigenvalue weighted by Crippen LogP contribution is -2.42. The Labute approximate surface area is 108 Å². The van der Waals surface area contributed by atoms with E-state index in [0.717, 1.165) is 12.8 Å². The van der Waals surface area contributed by atoms with Crippen LogP contribution in [0.3, 0.4) is 0 Å². The summed E-state index contributed by atoms with van der Waals surface area (Å²) in [5.41, 5.74) is 4.82. The van der Waals surface area contributed by atoms with E-state index in [-0.39, 0.29) is 6.61 Å². The summed E-state index contributed by atoms with van der Waals surface area (Å²) in [7, 11) is -3.09. The van der Waals surface area contributed by atoms with Crippen molar-refractivity contribution in [1.29, 1.82) is 0 Å². The standard InChI is InChI=1S/C10H21N3O4S/c1-18(15,16)13-5-2-3-9(8-13)7-12-4-6-17-10(11)14/h9,12H,2-8H2,1H3,(H2,11,14). The van der Waals surface area contributed by atoms with E-state index < -0.39 is 16.1 Å². The summed E-state index contributed by atoms with van der Waals surface area (Å²) in [4.78, 5) is 10.3. The lowest BCUT2D eigenvalue weighted by atomic mass is 10.00. The van der Waals surface area contributed by atoms with Gasteiger partial charge in [-0.05, 0) is 25.3 Å². The number of nitrogens with two attached hydrogens (primary N) is 1. The van der Waals surface area contributed by atoms with Gasteiger partial charge in [0.05, 0.1) is 6.26 Å². The molecule has 0 bridgehead atoms. The monoisotopic (exact) mass is 279 g/mol. The van der Waals surface area contributed by atoms with Crippen LogP contribution < -0.4 is 11.1 Å². The Bertz CT molecular complexity index is 371. The normalized spacial score (nSPS) is 21.7. The molecule has 7 nitrogen and oxygen atoms in total. The van der Waals surface area contributed by atoms with Crippen molar-refractivity contribution in [3.05, 3.63) is 0 Å². The molecule has 8 heteroatoms. The Morgan fingerprint density at radius 3 is 2.89 bits per heavy atom. The van der Waals surface area contributed by atoms with Gasteiger partial charge in [0.15, 0.2) is 0 Å². The number of sulfonamides is 1. The maximum absolute atomic E-state index is 11.4. The molecule has 1 atom stereocenters. The van der Waals surface area contributed by atoms with Crippen LogP contribution in [0.1, 0.15) is 12.8 Å². The zero-order valence-corrected chi connectivity index (χ0v) is 11.4. The van der Waals surface area contributed by atoms with E-state index in [1.54, 1.807) is 0 Å². The highest BCUT2D eigenvalue weighted by Crippen LogP contribution is 2.17. The van der Waals surface area contributed by atoms with E-state index in [9.17, 15) is 13.2 Å². The summed E-state index contributed by atoms with van der Waals surface area (Å²) < 4.78 is 28.9. The number of hydrogen-bond acceptors (Lipinski definition) is 5. The summed E-state index contributed by atoms with van der Waals surface area (Å²) in [6.07, 6.45) is 2.36. The van der Waals surface area contributed by atoms with Gasteiger partial charge in [-0.2, -0.15) is 0 Å². The number of carbonyl (C=O) groups excluding carboxylic acids is 1. The minimum Gasteiger partial charge on any atom is -0.448 e. The quantitative estimate of drug-likeness (QED) is 0.629. The lowest BCUT2D eigenvalue weighted by molar-refractivity contribution is 0.156. The third-order valence-corrected chi connectivity index (χ3v) is 4.18. The van der Waals surface area contributed by atoms with Crippen LogP contribution in [-0.4, -0.2) is 57.9 Å². The maximum atomic E-state index is 11.4. The van der Waals surface area contributed by atoms with E-state index in [4.69, 9.17) is 5.73 Å². The molecule has 3 N–H and O–H groups in total. The number of rotatable bonds is 6. The zero-order valence-electron chi connectivity index (χ0n) is 10.6. The fourth-order valence-electron chi connectivity index (χ4n) is 2.02. The summed E-state index contributed by atoms with van der Waals surface area (Å²) in [5.74, 6) is 0.307. The molecule has 1 amide bonds. The fraction of sp³-hybridized carbons (Fsp3) is 0.900. The molecule has 0 aromatic heterocycles. The highest BCUT2D eigenvalue weighted by atomic mass is 32.2. The Morgan fingerprint density at radius 2 is 2.28 bits per heavy atom. The van der Waals surface area contributed by atoms with Gasteiger partial charge in [-0.15, -0.1) is 0 Å². The van der Waals surface area contributed by atoms with Gasteiger partial charge in [0, 0.05) is 19.6 Å². The summed E-state index contributed by atoms with van der Waals surface area (Å²) in [5, 5.41) is 3.13. The first kappa shape index (κ1) is 15.2. The highest BCUT2D eigenvalue weighted by Gasteiger charge is 2.25. The molecule has 1 saturated heterocycles. The second-order valence-corrected chi connectivity index (χ2v) is 6.48. The average molecular weight is 279 g/mol. The van der Waals surface area contributed by atoms with Gasteiger partial charge in [0.1, 0.15) is 6.61 Å². The first-order chi connectivity index (χ1) is 8.39. The Morgan fingerprint density at radius 1 is 1.56 bits per heavy atom. The number of amides is 1. The van der Waals surface area contributed by atoms with Crippen molar-refractivity contribution in [3.8, 4) is 0 Å². The molecule has 1 heterocycles. The molecular formula is C10H21N3O4S. The van der Waals surface area contributed by atoms with Gasteiger partial charge < -0.3 is 15.8 Å². The van der Waals surface area contributed by atoms with E-state index in [2.05, 4.69) is 10.1 Å². The van der Waals surface area contributed by atoms with E-state index in [0.29, 0.717) is 32.1 Å². The molecule has 18 heavy (non-hydrogen) atoms. The molecule has 1 aliphatic rings. The van der Waals surface area contributed by atoms with Gasteiger partial charge in [-0.3, -0.25) is 0 Å². The summed E-state index contributed by atoms with van der Waals surface area (Å²) in [6, 6.07) is 0. The zero-order chi connectivity index (χ0) is 13.6. The third-order valence-electron chi connectivity index (χ3n) is 2.91. The minimum atomic E-state index is -3.09. The topological polar surface area (TPSA) is 102 Å². The van der Waals surface area contributed by atoms with E-state index >= 15 is 0 Å². The van der Waals surface area contributed by atoms with E-state index in [1.807, 2.05) is 0 Å². The SMILES string of the molecule is CS(=O)(=O)N1CCCC(CNCCOC(N)=O)C1. The number of ether oxygens (including phenoxy) is 1. The Balaban J connectivity index is 2.21. The molecule has 0 aliphatic carbocycles. The number of piperidine rings is 1. The van der Waals surface area contributed by atoms with Gasteiger partial charge in [0.25, 0.3) is 0 Å². The van der Waals surface area contributed by atoms with Crippen LogP contribution >= 0.6 is 0 Å². The summed E-state index contributed by atoms with van der Waals surface area (Å²) >= 11 is 0. The van der Waals surface area contributed by atoms with Gasteiger partial charge in [-0.1, -0.05) is 0 Å². The molecule has 0 saturated carbocycles. The predicted octanol–water partition coefficient (Wildman–Crippen LogP) is -0.657. The molecule has 1 aliphatic heterocycles. The number of nitrogens with zero attached hydrogens (tertiary/aromatic N) is 1. The van der Waals surface area contributed by atoms with Crippen molar-refractivity contribution in [2.75, 3.05) is 39.0 Å². The smallest absolute Gasteiger partial charge is 0.404 e. The van der Waals surface area contributed by atoms with Crippen molar-refractivity contribution in [3.63, 3.8) is 0 Å². The molecule has 0 spiro atoms. The Kier molecular flexibility index (Phi) is 5.83. The van der Waals surface area contributed by atoms with Crippen molar-refractivity contribution < 1.29 is 17.9 Å². The fourth-order valence-corrected chi connectivity index (χ4v) is 2.97. The second-order valence-electron chi connectivity index (χ2n) is 4.50. The van der Waals surface area contributed by atoms with Crippen molar-refractivity contribution in [2.45, 2.75) is 12.8 Å². The summed E-state index contributed by atoms with van der Waals surface area (Å²) in [6.45, 7) is 2.65. The van der Waals surface area contributed by atoms with Crippen molar-refractivity contribution >= 4 is 16.1 Å². The molecule has 1 fully saturated rings. The third kappa shape index (κ3) is 5.65. The van der Waals surface area contributed by atoms with Crippen LogP contribution in [0, 0.1) is 5.92 Å². The number of nitrogens with one attached hydrogen (secondary N) is 1. The van der Waals surface area contributed by atoms with Gasteiger partial charge >= 0.3 is 6.09 Å². The number of hydrogen-bond donors (Lipinski definition) is 2. The average Bonchev–Trinajstić information content (AvgIpc) is 2.27. The molecule has 1 unspecified atom stereocenters. The molecule has 0 aromatic rings. The second kappa shape index (κ2) is 6.91. The van der Waals surface area contributed by atoms with Crippen molar-refractivity contribution in [2.24, 2.45) is 11.7 Å². The first-order valence-corrected chi connectivity index (χ1v) is 7.82. The first-order valence-electron chi connectivity index (χ1n) is 5.97. The largest absolute Gasteiger partial charge is 0.448 e. The van der Waals surface area contributed by atoms with Gasteiger partial charge in [-0.25, -0.2) is 17.5 Å². The predicted molar refractivity (Wildman–Crippen MR) is 67.5 cm³/mol. The van der Waals surface area contributed by atoms with E-state index in [1.165, 1.54) is 10.6 Å². The van der Waals surface area contributed by atoms with Gasteiger partial charge in [0.2, 0.25) is 10.0 Å². The highest BCUT2D eigenvalue weighted by molar-refractivity contribution is 7.88. The van der Waals surface area contributed by atoms with Crippen LogP contribution in [-0.2, 0) is 14.8 Å². The van der Waals surface area contributed by atoms with Crippen LogP contribution in [0.2, 0.25) is 0 Å². The van der Waals surface area contributed by atoms with Crippen LogP contribution in [0.25, 0.3) is 0 Å². The lowest BCUT2D eigenvalue weighted by Gasteiger charge is -2.31. The number of carbonyl (C=O) groups is 1. The molecule has 0 radical (unpaired) electrons.